The second-order valence-corrected chi connectivity index (χ2v) is 7.52. The van der Waals surface area contributed by atoms with Crippen molar-refractivity contribution in [3.05, 3.63) is 53.8 Å². The second kappa shape index (κ2) is 8.08. The molecule has 1 aromatic heterocycles. The SMILES string of the molecule is CN1CCCC[C@@H]1[C@H](NC(=O)Nc1cc(F)c2[nH]nc(N)c2c1)c1ccccc1. The normalized spacial score (nSPS) is 18.5. The molecule has 0 saturated carbocycles. The molecule has 7 nitrogen and oxygen atoms in total. The molecular formula is C21H25FN6O. The summed E-state index contributed by atoms with van der Waals surface area (Å²) in [6, 6.07) is 12.4. The zero-order valence-corrected chi connectivity index (χ0v) is 16.3. The van der Waals surface area contributed by atoms with Crippen molar-refractivity contribution in [2.24, 2.45) is 0 Å². The number of nitrogens with one attached hydrogen (secondary N) is 3. The number of fused-ring (bicyclic) bond motifs is 1. The quantitative estimate of drug-likeness (QED) is 0.541. The maximum atomic E-state index is 14.3. The molecule has 0 aliphatic carbocycles. The largest absolute Gasteiger partial charge is 0.382 e. The minimum atomic E-state index is -0.520. The first kappa shape index (κ1) is 19.2. The van der Waals surface area contributed by atoms with E-state index in [0.717, 1.165) is 31.4 Å². The van der Waals surface area contributed by atoms with Crippen molar-refractivity contribution in [1.82, 2.24) is 20.4 Å². The monoisotopic (exact) mass is 396 g/mol. The summed E-state index contributed by atoms with van der Waals surface area (Å²) in [5, 5.41) is 12.6. The van der Waals surface area contributed by atoms with Crippen LogP contribution in [-0.2, 0) is 0 Å². The first-order valence-electron chi connectivity index (χ1n) is 9.78. The summed E-state index contributed by atoms with van der Waals surface area (Å²) in [6.45, 7) is 0.999. The number of hydrogen-bond acceptors (Lipinski definition) is 4. The van der Waals surface area contributed by atoms with Crippen LogP contribution in [0.25, 0.3) is 10.9 Å². The van der Waals surface area contributed by atoms with Crippen molar-refractivity contribution >= 4 is 28.4 Å². The lowest BCUT2D eigenvalue weighted by Gasteiger charge is -2.38. The van der Waals surface area contributed by atoms with Gasteiger partial charge in [0.15, 0.2) is 11.6 Å². The number of halogens is 1. The first-order chi connectivity index (χ1) is 14.0. The highest BCUT2D eigenvalue weighted by Crippen LogP contribution is 2.29. The van der Waals surface area contributed by atoms with Gasteiger partial charge in [0.1, 0.15) is 5.52 Å². The van der Waals surface area contributed by atoms with Crippen LogP contribution >= 0.6 is 0 Å². The molecule has 8 heteroatoms. The second-order valence-electron chi connectivity index (χ2n) is 7.52. The van der Waals surface area contributed by atoms with Gasteiger partial charge in [-0.25, -0.2) is 9.18 Å². The van der Waals surface area contributed by atoms with Crippen LogP contribution in [-0.4, -0.2) is 40.8 Å². The van der Waals surface area contributed by atoms with E-state index in [1.165, 1.54) is 6.07 Å². The maximum Gasteiger partial charge on any atom is 0.319 e. The lowest BCUT2D eigenvalue weighted by Crippen LogP contribution is -2.48. The number of nitrogens with zero attached hydrogens (tertiary/aromatic N) is 2. The number of urea groups is 1. The van der Waals surface area contributed by atoms with Gasteiger partial charge in [-0.1, -0.05) is 36.8 Å². The van der Waals surface area contributed by atoms with Gasteiger partial charge in [-0.3, -0.25) is 5.10 Å². The zero-order valence-electron chi connectivity index (χ0n) is 16.3. The van der Waals surface area contributed by atoms with Gasteiger partial charge in [0.05, 0.1) is 6.04 Å². The minimum absolute atomic E-state index is 0.172. The summed E-state index contributed by atoms with van der Waals surface area (Å²) >= 11 is 0. The number of nitrogens with two attached hydrogens (primary N) is 1. The summed E-state index contributed by atoms with van der Waals surface area (Å²) < 4.78 is 14.3. The number of benzene rings is 2. The number of piperidine rings is 1. The topological polar surface area (TPSA) is 99.1 Å². The summed E-state index contributed by atoms with van der Waals surface area (Å²) in [5.74, 6) is -0.331. The molecule has 29 heavy (non-hydrogen) atoms. The van der Waals surface area contributed by atoms with E-state index in [0.29, 0.717) is 11.1 Å². The van der Waals surface area contributed by atoms with E-state index in [9.17, 15) is 9.18 Å². The van der Waals surface area contributed by atoms with Gasteiger partial charge in [-0.05, 0) is 44.1 Å². The number of likely N-dealkylation sites (tertiary alicyclic amines) is 1. The lowest BCUT2D eigenvalue weighted by molar-refractivity contribution is 0.147. The molecule has 5 N–H and O–H groups in total. The average Bonchev–Trinajstić information content (AvgIpc) is 3.09. The van der Waals surface area contributed by atoms with Gasteiger partial charge in [-0.2, -0.15) is 5.10 Å². The molecule has 2 heterocycles. The standard InChI is InChI=1S/C21H25FN6O/c1-28-10-6-5-9-17(28)18(13-7-3-2-4-8-13)25-21(29)24-14-11-15-19(16(22)12-14)26-27-20(15)23/h2-4,7-8,11-12,17-18H,5-6,9-10H2,1H3,(H3,23,26,27)(H2,24,25,29)/t17-,18-/m1/s1. The molecule has 152 valence electrons. The van der Waals surface area contributed by atoms with Gasteiger partial charge in [0.2, 0.25) is 0 Å². The van der Waals surface area contributed by atoms with Crippen molar-refractivity contribution < 1.29 is 9.18 Å². The predicted molar refractivity (Wildman–Crippen MR) is 112 cm³/mol. The molecule has 1 saturated heterocycles. The Morgan fingerprint density at radius 1 is 1.31 bits per heavy atom. The zero-order chi connectivity index (χ0) is 20.4. The highest BCUT2D eigenvalue weighted by atomic mass is 19.1. The summed E-state index contributed by atoms with van der Waals surface area (Å²) in [6.07, 6.45) is 3.29. The van der Waals surface area contributed by atoms with Crippen LogP contribution < -0.4 is 16.4 Å². The number of aromatic nitrogens is 2. The third kappa shape index (κ3) is 4.02. The molecule has 0 spiro atoms. The van der Waals surface area contributed by atoms with Crippen LogP contribution in [0.5, 0.6) is 0 Å². The Hall–Kier alpha value is -3.13. The minimum Gasteiger partial charge on any atom is -0.382 e. The Morgan fingerprint density at radius 3 is 2.86 bits per heavy atom. The third-order valence-corrected chi connectivity index (χ3v) is 5.57. The van der Waals surface area contributed by atoms with Crippen molar-refractivity contribution in [2.45, 2.75) is 31.3 Å². The lowest BCUT2D eigenvalue weighted by atomic mass is 9.91. The molecule has 0 unspecified atom stereocenters. The van der Waals surface area contributed by atoms with Crippen LogP contribution in [0.15, 0.2) is 42.5 Å². The molecule has 2 amide bonds. The fraction of sp³-hybridized carbons (Fsp3) is 0.333. The Bertz CT molecular complexity index is 1010. The predicted octanol–water partition coefficient (Wildman–Crippen LogP) is 3.63. The van der Waals surface area contributed by atoms with Gasteiger partial charge >= 0.3 is 6.03 Å². The van der Waals surface area contributed by atoms with Crippen LogP contribution in [0.2, 0.25) is 0 Å². The highest BCUT2D eigenvalue weighted by molar-refractivity contribution is 5.96. The van der Waals surface area contributed by atoms with Gasteiger partial charge in [-0.15, -0.1) is 0 Å². The van der Waals surface area contributed by atoms with Crippen LogP contribution in [0.3, 0.4) is 0 Å². The molecule has 4 rings (SSSR count). The van der Waals surface area contributed by atoms with Crippen LogP contribution in [0, 0.1) is 5.82 Å². The van der Waals surface area contributed by atoms with Crippen molar-refractivity contribution in [3.8, 4) is 0 Å². The van der Waals surface area contributed by atoms with Crippen molar-refractivity contribution in [2.75, 3.05) is 24.6 Å². The molecule has 3 aromatic rings. The molecule has 1 fully saturated rings. The van der Waals surface area contributed by atoms with E-state index < -0.39 is 11.8 Å². The summed E-state index contributed by atoms with van der Waals surface area (Å²) in [5.41, 5.74) is 7.36. The fourth-order valence-electron chi connectivity index (χ4n) is 4.06. The van der Waals surface area contributed by atoms with E-state index in [-0.39, 0.29) is 23.4 Å². The molecule has 1 aliphatic heterocycles. The van der Waals surface area contributed by atoms with Crippen molar-refractivity contribution in [1.29, 1.82) is 0 Å². The molecule has 0 radical (unpaired) electrons. The number of carbonyl (C=O) groups is 1. The van der Waals surface area contributed by atoms with Crippen LogP contribution in [0.4, 0.5) is 20.7 Å². The van der Waals surface area contributed by atoms with E-state index in [1.54, 1.807) is 6.07 Å². The third-order valence-electron chi connectivity index (χ3n) is 5.57. The van der Waals surface area contributed by atoms with Gasteiger partial charge in [0, 0.05) is 17.1 Å². The summed E-state index contributed by atoms with van der Waals surface area (Å²) in [4.78, 5) is 15.1. The Balaban J connectivity index is 1.56. The number of hydrogen-bond donors (Lipinski definition) is 4. The smallest absolute Gasteiger partial charge is 0.319 e. The van der Waals surface area contributed by atoms with E-state index >= 15 is 0 Å². The number of H-pyrrole nitrogens is 1. The van der Waals surface area contributed by atoms with Crippen molar-refractivity contribution in [3.63, 3.8) is 0 Å². The molecule has 0 bridgehead atoms. The Labute approximate surface area is 168 Å². The molecule has 1 aliphatic rings. The maximum absolute atomic E-state index is 14.3. The number of carbonyl (C=O) groups excluding carboxylic acids is 1. The fourth-order valence-corrected chi connectivity index (χ4v) is 4.06. The Morgan fingerprint density at radius 2 is 2.10 bits per heavy atom. The number of rotatable bonds is 4. The van der Waals surface area contributed by atoms with E-state index in [4.69, 9.17) is 5.73 Å². The Kier molecular flexibility index (Phi) is 5.35. The van der Waals surface area contributed by atoms with Gasteiger partial charge < -0.3 is 21.3 Å². The molecule has 2 atom stereocenters. The highest BCUT2D eigenvalue weighted by Gasteiger charge is 2.30. The van der Waals surface area contributed by atoms with E-state index in [2.05, 4.69) is 32.8 Å². The number of likely N-dealkylation sites (N-methyl/N-ethyl adjacent to an activating group) is 1. The number of anilines is 2. The number of aromatic amines is 1. The van der Waals surface area contributed by atoms with Gasteiger partial charge in [0.25, 0.3) is 0 Å². The van der Waals surface area contributed by atoms with Crippen LogP contribution in [0.1, 0.15) is 30.9 Å². The summed E-state index contributed by atoms with van der Waals surface area (Å²) in [7, 11) is 2.09. The molecular weight excluding hydrogens is 371 g/mol. The molecule has 2 aromatic carbocycles. The van der Waals surface area contributed by atoms with E-state index in [1.807, 2.05) is 30.3 Å². The number of amides is 2. The number of nitrogen functional groups attached to an aromatic ring is 1. The first-order valence-corrected chi connectivity index (χ1v) is 9.78. The average molecular weight is 396 g/mol.